The standard InChI is InChI=1S/C12H19N3O4S2/c1-3-8(2)13-10(16)6-20-12-15-14-11(19-12)9-4-5-21(17,18)7-9/h8-9H,3-7H2,1-2H3,(H,13,16). The number of carbonyl (C=O) groups is 1. The van der Waals surface area contributed by atoms with E-state index in [1.54, 1.807) is 0 Å². The molecule has 1 N–H and O–H groups in total. The van der Waals surface area contributed by atoms with E-state index in [2.05, 4.69) is 15.5 Å². The maximum atomic E-state index is 11.6. The van der Waals surface area contributed by atoms with Crippen molar-refractivity contribution in [2.24, 2.45) is 0 Å². The smallest absolute Gasteiger partial charge is 0.277 e. The SMILES string of the molecule is CCC(C)NC(=O)CSc1nnc(C2CCS(=O)(=O)C2)o1. The third-order valence-corrected chi connectivity index (χ3v) is 5.94. The predicted molar refractivity (Wildman–Crippen MR) is 78.9 cm³/mol. The highest BCUT2D eigenvalue weighted by molar-refractivity contribution is 7.99. The highest BCUT2D eigenvalue weighted by Gasteiger charge is 2.32. The molecular formula is C12H19N3O4S2. The van der Waals surface area contributed by atoms with E-state index < -0.39 is 9.84 Å². The second kappa shape index (κ2) is 6.78. The lowest BCUT2D eigenvalue weighted by Crippen LogP contribution is -2.33. The molecule has 1 aromatic rings. The Kier molecular flexibility index (Phi) is 5.26. The average Bonchev–Trinajstić information content (AvgIpc) is 3.02. The number of hydrogen-bond acceptors (Lipinski definition) is 7. The van der Waals surface area contributed by atoms with Crippen LogP contribution in [0.2, 0.25) is 0 Å². The minimum absolute atomic E-state index is 0.0633. The van der Waals surface area contributed by atoms with Gasteiger partial charge in [0, 0.05) is 6.04 Å². The van der Waals surface area contributed by atoms with E-state index in [4.69, 9.17) is 4.42 Å². The van der Waals surface area contributed by atoms with Crippen LogP contribution in [0.5, 0.6) is 0 Å². The average molecular weight is 333 g/mol. The molecule has 2 rings (SSSR count). The fourth-order valence-electron chi connectivity index (χ4n) is 1.98. The number of rotatable bonds is 6. The van der Waals surface area contributed by atoms with Crippen molar-refractivity contribution < 1.29 is 17.6 Å². The molecular weight excluding hydrogens is 314 g/mol. The quantitative estimate of drug-likeness (QED) is 0.774. The van der Waals surface area contributed by atoms with Crippen molar-refractivity contribution in [3.05, 3.63) is 5.89 Å². The summed E-state index contributed by atoms with van der Waals surface area (Å²) in [7, 11) is -2.98. The van der Waals surface area contributed by atoms with Crippen LogP contribution in [-0.4, -0.2) is 47.8 Å². The molecule has 0 aliphatic carbocycles. The first-order chi connectivity index (χ1) is 9.89. The molecule has 9 heteroatoms. The first kappa shape index (κ1) is 16.3. The molecule has 1 saturated heterocycles. The Bertz CT molecular complexity index is 599. The second-order valence-electron chi connectivity index (χ2n) is 5.17. The van der Waals surface area contributed by atoms with Gasteiger partial charge in [0.2, 0.25) is 11.8 Å². The molecule has 1 aliphatic rings. The van der Waals surface area contributed by atoms with Gasteiger partial charge in [0.15, 0.2) is 9.84 Å². The van der Waals surface area contributed by atoms with Gasteiger partial charge in [-0.25, -0.2) is 8.42 Å². The summed E-state index contributed by atoms with van der Waals surface area (Å²) >= 11 is 1.16. The Balaban J connectivity index is 1.85. The van der Waals surface area contributed by atoms with Gasteiger partial charge in [-0.05, 0) is 19.8 Å². The van der Waals surface area contributed by atoms with Crippen molar-refractivity contribution in [3.8, 4) is 0 Å². The van der Waals surface area contributed by atoms with Gasteiger partial charge in [0.25, 0.3) is 5.22 Å². The van der Waals surface area contributed by atoms with E-state index in [1.165, 1.54) is 0 Å². The van der Waals surface area contributed by atoms with Crippen molar-refractivity contribution in [1.82, 2.24) is 15.5 Å². The Morgan fingerprint density at radius 1 is 1.52 bits per heavy atom. The van der Waals surface area contributed by atoms with Crippen LogP contribution < -0.4 is 5.32 Å². The predicted octanol–water partition coefficient (Wildman–Crippen LogP) is 0.979. The van der Waals surface area contributed by atoms with E-state index in [1.807, 2.05) is 13.8 Å². The van der Waals surface area contributed by atoms with Gasteiger partial charge < -0.3 is 9.73 Å². The van der Waals surface area contributed by atoms with Gasteiger partial charge in [0.1, 0.15) is 0 Å². The fourth-order valence-corrected chi connectivity index (χ4v) is 4.29. The normalized spacial score (nSPS) is 22.1. The van der Waals surface area contributed by atoms with Crippen LogP contribution >= 0.6 is 11.8 Å². The van der Waals surface area contributed by atoms with Crippen molar-refractivity contribution in [3.63, 3.8) is 0 Å². The first-order valence-corrected chi connectivity index (χ1v) is 9.66. The van der Waals surface area contributed by atoms with Crippen LogP contribution in [0.3, 0.4) is 0 Å². The molecule has 118 valence electrons. The minimum atomic E-state index is -2.98. The Hall–Kier alpha value is -1.09. The molecule has 0 bridgehead atoms. The first-order valence-electron chi connectivity index (χ1n) is 6.85. The van der Waals surface area contributed by atoms with E-state index in [0.29, 0.717) is 17.5 Å². The molecule has 1 aromatic heterocycles. The lowest BCUT2D eigenvalue weighted by atomic mass is 10.1. The highest BCUT2D eigenvalue weighted by atomic mass is 32.2. The number of carbonyl (C=O) groups excluding carboxylic acids is 1. The molecule has 0 radical (unpaired) electrons. The van der Waals surface area contributed by atoms with Crippen LogP contribution in [-0.2, 0) is 14.6 Å². The molecule has 7 nitrogen and oxygen atoms in total. The van der Waals surface area contributed by atoms with Crippen LogP contribution in [0.4, 0.5) is 0 Å². The molecule has 2 atom stereocenters. The molecule has 1 amide bonds. The molecule has 21 heavy (non-hydrogen) atoms. The van der Waals surface area contributed by atoms with Gasteiger partial charge in [-0.2, -0.15) is 0 Å². The lowest BCUT2D eigenvalue weighted by Gasteiger charge is -2.09. The Labute approximate surface area is 128 Å². The summed E-state index contributed by atoms with van der Waals surface area (Å²) in [5.74, 6) is 0.479. The van der Waals surface area contributed by atoms with Crippen LogP contribution in [0.15, 0.2) is 9.64 Å². The Morgan fingerprint density at radius 3 is 2.90 bits per heavy atom. The zero-order valence-corrected chi connectivity index (χ0v) is 13.7. The monoisotopic (exact) mass is 333 g/mol. The van der Waals surface area contributed by atoms with Gasteiger partial charge in [-0.15, -0.1) is 10.2 Å². The number of amides is 1. The molecule has 0 spiro atoms. The summed E-state index contributed by atoms with van der Waals surface area (Å²) < 4.78 is 28.3. The molecule has 0 saturated carbocycles. The number of nitrogens with zero attached hydrogens (tertiary/aromatic N) is 2. The molecule has 0 aromatic carbocycles. The van der Waals surface area contributed by atoms with Gasteiger partial charge in [-0.3, -0.25) is 4.79 Å². The van der Waals surface area contributed by atoms with Crippen molar-refractivity contribution in [2.45, 2.75) is 43.9 Å². The van der Waals surface area contributed by atoms with Crippen molar-refractivity contribution in [1.29, 1.82) is 0 Å². The summed E-state index contributed by atoms with van der Waals surface area (Å²) in [5.41, 5.74) is 0. The Morgan fingerprint density at radius 2 is 2.29 bits per heavy atom. The van der Waals surface area contributed by atoms with Crippen LogP contribution in [0.25, 0.3) is 0 Å². The maximum absolute atomic E-state index is 11.6. The third-order valence-electron chi connectivity index (χ3n) is 3.35. The summed E-state index contributed by atoms with van der Waals surface area (Å²) in [6, 6.07) is 0.139. The highest BCUT2D eigenvalue weighted by Crippen LogP contribution is 2.29. The van der Waals surface area contributed by atoms with E-state index in [0.717, 1.165) is 18.2 Å². The minimum Gasteiger partial charge on any atom is -0.416 e. The van der Waals surface area contributed by atoms with Crippen LogP contribution in [0, 0.1) is 0 Å². The lowest BCUT2D eigenvalue weighted by molar-refractivity contribution is -0.119. The van der Waals surface area contributed by atoms with E-state index in [9.17, 15) is 13.2 Å². The summed E-state index contributed by atoms with van der Waals surface area (Å²) in [5, 5.41) is 10.9. The molecule has 2 unspecified atom stereocenters. The molecule has 2 heterocycles. The number of hydrogen-bond donors (Lipinski definition) is 1. The maximum Gasteiger partial charge on any atom is 0.277 e. The number of thioether (sulfide) groups is 1. The molecule has 1 aliphatic heterocycles. The van der Waals surface area contributed by atoms with Crippen molar-refractivity contribution in [2.75, 3.05) is 17.3 Å². The fraction of sp³-hybridized carbons (Fsp3) is 0.750. The van der Waals surface area contributed by atoms with Gasteiger partial charge in [-0.1, -0.05) is 18.7 Å². The second-order valence-corrected chi connectivity index (χ2v) is 8.33. The summed E-state index contributed by atoms with van der Waals surface area (Å²) in [6.45, 7) is 3.94. The van der Waals surface area contributed by atoms with Crippen LogP contribution in [0.1, 0.15) is 38.5 Å². The third kappa shape index (κ3) is 4.70. The topological polar surface area (TPSA) is 102 Å². The van der Waals surface area contributed by atoms with E-state index >= 15 is 0 Å². The summed E-state index contributed by atoms with van der Waals surface area (Å²) in [6.07, 6.45) is 1.39. The number of aromatic nitrogens is 2. The zero-order valence-electron chi connectivity index (χ0n) is 12.0. The van der Waals surface area contributed by atoms with Gasteiger partial charge >= 0.3 is 0 Å². The van der Waals surface area contributed by atoms with E-state index in [-0.39, 0.29) is 35.1 Å². The van der Waals surface area contributed by atoms with Gasteiger partial charge in [0.05, 0.1) is 23.2 Å². The molecule has 1 fully saturated rings. The number of sulfone groups is 1. The zero-order chi connectivity index (χ0) is 15.5. The number of nitrogens with one attached hydrogen (secondary N) is 1. The summed E-state index contributed by atoms with van der Waals surface area (Å²) in [4.78, 5) is 11.6. The van der Waals surface area contributed by atoms with Crippen molar-refractivity contribution >= 4 is 27.5 Å². The largest absolute Gasteiger partial charge is 0.416 e.